The molecule has 0 atom stereocenters. The SMILES string of the molecule is FC(F)(F)c1ccc(NC(=S)NC2(CCc3ccccc3Cl)CCCC2)cc1. The number of alkyl halides is 3. The van der Waals surface area contributed by atoms with Crippen molar-refractivity contribution in [2.75, 3.05) is 5.32 Å². The molecule has 0 heterocycles. The molecule has 0 unspecified atom stereocenters. The average Bonchev–Trinajstić information content (AvgIpc) is 3.09. The Morgan fingerprint density at radius 2 is 1.68 bits per heavy atom. The summed E-state index contributed by atoms with van der Waals surface area (Å²) in [5, 5.41) is 7.64. The summed E-state index contributed by atoms with van der Waals surface area (Å²) < 4.78 is 38.1. The molecule has 0 spiro atoms. The standard InChI is InChI=1S/C21H22ClF3N2S/c22-18-6-2-1-5-15(18)11-14-20(12-3-4-13-20)27-19(28)26-17-9-7-16(8-10-17)21(23,24)25/h1-2,5-10H,3-4,11-14H2,(H2,26,27,28). The van der Waals surface area contributed by atoms with E-state index in [9.17, 15) is 13.2 Å². The van der Waals surface area contributed by atoms with Crippen LogP contribution in [-0.4, -0.2) is 10.7 Å². The van der Waals surface area contributed by atoms with Crippen LogP contribution in [0.4, 0.5) is 18.9 Å². The number of benzene rings is 2. The molecular weight excluding hydrogens is 405 g/mol. The van der Waals surface area contributed by atoms with Crippen LogP contribution in [0.1, 0.15) is 43.2 Å². The Morgan fingerprint density at radius 3 is 2.29 bits per heavy atom. The van der Waals surface area contributed by atoms with Gasteiger partial charge < -0.3 is 10.6 Å². The molecule has 1 aliphatic carbocycles. The molecule has 2 N–H and O–H groups in total. The van der Waals surface area contributed by atoms with Gasteiger partial charge in [0.1, 0.15) is 0 Å². The van der Waals surface area contributed by atoms with Crippen molar-refractivity contribution in [2.24, 2.45) is 0 Å². The topological polar surface area (TPSA) is 24.1 Å². The quantitative estimate of drug-likeness (QED) is 0.527. The van der Waals surface area contributed by atoms with E-state index in [0.29, 0.717) is 10.8 Å². The Bertz CT molecular complexity index is 815. The van der Waals surface area contributed by atoms with Crippen LogP contribution in [0, 0.1) is 0 Å². The van der Waals surface area contributed by atoms with E-state index >= 15 is 0 Å². The van der Waals surface area contributed by atoms with Gasteiger partial charge in [0.2, 0.25) is 0 Å². The molecule has 0 radical (unpaired) electrons. The molecule has 1 saturated carbocycles. The van der Waals surface area contributed by atoms with E-state index in [0.717, 1.165) is 61.2 Å². The summed E-state index contributed by atoms with van der Waals surface area (Å²) in [7, 11) is 0. The van der Waals surface area contributed by atoms with E-state index in [4.69, 9.17) is 23.8 Å². The molecule has 3 rings (SSSR count). The van der Waals surface area contributed by atoms with E-state index in [1.165, 1.54) is 12.1 Å². The van der Waals surface area contributed by atoms with Crippen LogP contribution in [0.25, 0.3) is 0 Å². The van der Waals surface area contributed by atoms with E-state index in [2.05, 4.69) is 10.6 Å². The third-order valence-corrected chi connectivity index (χ3v) is 5.81. The van der Waals surface area contributed by atoms with Crippen molar-refractivity contribution in [2.45, 2.75) is 50.2 Å². The van der Waals surface area contributed by atoms with Gasteiger partial charge in [0.05, 0.1) is 5.56 Å². The van der Waals surface area contributed by atoms with E-state index in [1.54, 1.807) is 0 Å². The number of rotatable bonds is 5. The lowest BCUT2D eigenvalue weighted by molar-refractivity contribution is -0.137. The predicted octanol–water partition coefficient (Wildman–Crippen LogP) is 6.59. The molecular formula is C21H22ClF3N2S. The van der Waals surface area contributed by atoms with Crippen molar-refractivity contribution in [3.05, 3.63) is 64.7 Å². The zero-order chi connectivity index (χ0) is 20.2. The zero-order valence-electron chi connectivity index (χ0n) is 15.3. The van der Waals surface area contributed by atoms with Crippen molar-refractivity contribution >= 4 is 34.6 Å². The second-order valence-electron chi connectivity index (χ2n) is 7.23. The van der Waals surface area contributed by atoms with Crippen LogP contribution >= 0.6 is 23.8 Å². The highest BCUT2D eigenvalue weighted by atomic mass is 35.5. The van der Waals surface area contributed by atoms with Crippen LogP contribution in [0.5, 0.6) is 0 Å². The molecule has 0 aromatic heterocycles. The van der Waals surface area contributed by atoms with Gasteiger partial charge in [-0.2, -0.15) is 13.2 Å². The van der Waals surface area contributed by atoms with Gasteiger partial charge in [-0.15, -0.1) is 0 Å². The monoisotopic (exact) mass is 426 g/mol. The van der Waals surface area contributed by atoms with Gasteiger partial charge in [-0.25, -0.2) is 0 Å². The van der Waals surface area contributed by atoms with Gasteiger partial charge in [0.15, 0.2) is 5.11 Å². The summed E-state index contributed by atoms with van der Waals surface area (Å²) in [5.74, 6) is 0. The minimum atomic E-state index is -4.34. The van der Waals surface area contributed by atoms with Crippen LogP contribution in [0.3, 0.4) is 0 Å². The summed E-state index contributed by atoms with van der Waals surface area (Å²) in [5.41, 5.74) is 0.849. The predicted molar refractivity (Wildman–Crippen MR) is 112 cm³/mol. The Balaban J connectivity index is 1.62. The maximum Gasteiger partial charge on any atom is 0.416 e. The zero-order valence-corrected chi connectivity index (χ0v) is 16.9. The smallest absolute Gasteiger partial charge is 0.357 e. The second-order valence-corrected chi connectivity index (χ2v) is 8.05. The van der Waals surface area contributed by atoms with Gasteiger partial charge >= 0.3 is 6.18 Å². The molecule has 0 aliphatic heterocycles. The molecule has 1 aliphatic rings. The van der Waals surface area contributed by atoms with Crippen LogP contribution in [0.15, 0.2) is 48.5 Å². The molecule has 0 saturated heterocycles. The number of nitrogens with one attached hydrogen (secondary N) is 2. The lowest BCUT2D eigenvalue weighted by atomic mass is 9.89. The third-order valence-electron chi connectivity index (χ3n) is 5.24. The van der Waals surface area contributed by atoms with E-state index in [1.807, 2.05) is 24.3 Å². The number of halogens is 4. The summed E-state index contributed by atoms with van der Waals surface area (Å²) in [4.78, 5) is 0. The Labute approximate surface area is 173 Å². The maximum absolute atomic E-state index is 12.7. The minimum Gasteiger partial charge on any atom is -0.357 e. The Hall–Kier alpha value is -1.79. The van der Waals surface area contributed by atoms with Crippen molar-refractivity contribution in [3.63, 3.8) is 0 Å². The summed E-state index contributed by atoms with van der Waals surface area (Å²) in [6.45, 7) is 0. The first-order chi connectivity index (χ1) is 13.3. The van der Waals surface area contributed by atoms with Crippen LogP contribution in [0.2, 0.25) is 5.02 Å². The van der Waals surface area contributed by atoms with Crippen LogP contribution < -0.4 is 10.6 Å². The van der Waals surface area contributed by atoms with Crippen molar-refractivity contribution < 1.29 is 13.2 Å². The summed E-state index contributed by atoms with van der Waals surface area (Å²) in [6.07, 6.45) is 1.65. The number of aryl methyl sites for hydroxylation is 1. The fourth-order valence-electron chi connectivity index (χ4n) is 3.71. The van der Waals surface area contributed by atoms with Crippen molar-refractivity contribution in [3.8, 4) is 0 Å². The number of anilines is 1. The second kappa shape index (κ2) is 8.70. The fraction of sp³-hybridized carbons (Fsp3) is 0.381. The first-order valence-electron chi connectivity index (χ1n) is 9.27. The van der Waals surface area contributed by atoms with Crippen molar-refractivity contribution in [1.29, 1.82) is 0 Å². The molecule has 28 heavy (non-hydrogen) atoms. The molecule has 2 aromatic rings. The largest absolute Gasteiger partial charge is 0.416 e. The van der Waals surface area contributed by atoms with Gasteiger partial charge in [-0.05, 0) is 73.8 Å². The fourth-order valence-corrected chi connectivity index (χ4v) is 4.27. The molecule has 0 amide bonds. The van der Waals surface area contributed by atoms with E-state index in [-0.39, 0.29) is 5.54 Å². The average molecular weight is 427 g/mol. The third kappa shape index (κ3) is 5.39. The lowest BCUT2D eigenvalue weighted by Crippen LogP contribution is -2.48. The molecule has 2 aromatic carbocycles. The Kier molecular flexibility index (Phi) is 6.50. The Morgan fingerprint density at radius 1 is 1.04 bits per heavy atom. The van der Waals surface area contributed by atoms with Crippen LogP contribution in [-0.2, 0) is 12.6 Å². The molecule has 150 valence electrons. The number of hydrogen-bond donors (Lipinski definition) is 2. The van der Waals surface area contributed by atoms with Gasteiger partial charge in [-0.3, -0.25) is 0 Å². The highest BCUT2D eigenvalue weighted by molar-refractivity contribution is 7.80. The molecule has 2 nitrogen and oxygen atoms in total. The van der Waals surface area contributed by atoms with Gasteiger partial charge in [-0.1, -0.05) is 42.6 Å². The van der Waals surface area contributed by atoms with E-state index < -0.39 is 11.7 Å². The van der Waals surface area contributed by atoms with Gasteiger partial charge in [0, 0.05) is 16.2 Å². The number of thiocarbonyl (C=S) groups is 1. The van der Waals surface area contributed by atoms with Crippen molar-refractivity contribution in [1.82, 2.24) is 5.32 Å². The molecule has 1 fully saturated rings. The summed E-state index contributed by atoms with van der Waals surface area (Å²) >= 11 is 11.7. The minimum absolute atomic E-state index is 0.116. The van der Waals surface area contributed by atoms with Gasteiger partial charge in [0.25, 0.3) is 0 Å². The normalized spacial score (nSPS) is 16.0. The first-order valence-corrected chi connectivity index (χ1v) is 10.1. The highest BCUT2D eigenvalue weighted by Crippen LogP contribution is 2.35. The molecule has 0 bridgehead atoms. The lowest BCUT2D eigenvalue weighted by Gasteiger charge is -2.32. The molecule has 7 heteroatoms. The first kappa shape index (κ1) is 20.9. The number of hydrogen-bond acceptors (Lipinski definition) is 1. The highest BCUT2D eigenvalue weighted by Gasteiger charge is 2.34. The maximum atomic E-state index is 12.7. The summed E-state index contributed by atoms with van der Waals surface area (Å²) in [6, 6.07) is 12.7.